The molecule has 3 aromatic carbocycles. The van der Waals surface area contributed by atoms with Crippen molar-refractivity contribution in [3.63, 3.8) is 0 Å². The van der Waals surface area contributed by atoms with Crippen LogP contribution < -0.4 is 14.8 Å². The van der Waals surface area contributed by atoms with Crippen LogP contribution >= 0.6 is 12.2 Å². The number of ether oxygens (including phenoxy) is 2. The van der Waals surface area contributed by atoms with Crippen molar-refractivity contribution in [2.45, 2.75) is 27.3 Å². The molecular formula is C30H35N3O3S. The molecule has 4 rings (SSSR count). The SMILES string of the molecule is CCOc1cc(C(=S)N2CCN(Cc3ccccc3)CC2)ccc1OCC(=O)Nc1ccc(C)c(C)c1. The smallest absolute Gasteiger partial charge is 0.262 e. The fourth-order valence-electron chi connectivity index (χ4n) is 4.32. The highest BCUT2D eigenvalue weighted by atomic mass is 32.1. The number of amides is 1. The van der Waals surface area contributed by atoms with Gasteiger partial charge in [-0.3, -0.25) is 9.69 Å². The largest absolute Gasteiger partial charge is 0.490 e. The Labute approximate surface area is 225 Å². The minimum Gasteiger partial charge on any atom is -0.490 e. The number of anilines is 1. The van der Waals surface area contributed by atoms with Crippen LogP contribution in [0.1, 0.15) is 29.2 Å². The number of nitrogens with one attached hydrogen (secondary N) is 1. The highest BCUT2D eigenvalue weighted by Gasteiger charge is 2.21. The molecule has 3 aromatic rings. The topological polar surface area (TPSA) is 54.0 Å². The van der Waals surface area contributed by atoms with E-state index in [1.807, 2.05) is 63.2 Å². The van der Waals surface area contributed by atoms with E-state index in [-0.39, 0.29) is 12.5 Å². The first-order chi connectivity index (χ1) is 17.9. The van der Waals surface area contributed by atoms with Gasteiger partial charge in [-0.05, 0) is 67.8 Å². The van der Waals surface area contributed by atoms with Crippen molar-refractivity contribution in [2.75, 3.05) is 44.7 Å². The van der Waals surface area contributed by atoms with Crippen molar-refractivity contribution in [3.05, 3.63) is 89.0 Å². The Morgan fingerprint density at radius 3 is 2.35 bits per heavy atom. The summed E-state index contributed by atoms with van der Waals surface area (Å²) in [6.45, 7) is 11.0. The molecule has 6 nitrogen and oxygen atoms in total. The molecule has 7 heteroatoms. The Morgan fingerprint density at radius 1 is 0.892 bits per heavy atom. The summed E-state index contributed by atoms with van der Waals surface area (Å²) in [4.78, 5) is 18.0. The van der Waals surface area contributed by atoms with Crippen LogP contribution in [0.15, 0.2) is 66.7 Å². The Balaban J connectivity index is 1.33. The van der Waals surface area contributed by atoms with Gasteiger partial charge < -0.3 is 19.7 Å². The van der Waals surface area contributed by atoms with E-state index in [1.54, 1.807) is 0 Å². The van der Waals surface area contributed by atoms with Crippen molar-refractivity contribution >= 4 is 28.8 Å². The standard InChI is InChI=1S/C30H35N3O3S/c1-4-35-28-19-25(30(37)33-16-14-32(15-17-33)20-24-8-6-5-7-9-24)11-13-27(28)36-21-29(34)31-26-12-10-22(2)23(3)18-26/h5-13,18-19H,4,14-17,20-21H2,1-3H3,(H,31,34). The zero-order chi connectivity index (χ0) is 26.2. The molecule has 0 saturated carbocycles. The number of nitrogens with zero attached hydrogens (tertiary/aromatic N) is 2. The third-order valence-corrected chi connectivity index (χ3v) is 7.04. The molecule has 1 N–H and O–H groups in total. The van der Waals surface area contributed by atoms with Gasteiger partial charge in [0.25, 0.3) is 5.91 Å². The van der Waals surface area contributed by atoms with Crippen LogP contribution in [0.2, 0.25) is 0 Å². The fourth-order valence-corrected chi connectivity index (χ4v) is 4.63. The lowest BCUT2D eigenvalue weighted by molar-refractivity contribution is -0.118. The lowest BCUT2D eigenvalue weighted by Crippen LogP contribution is -2.48. The molecule has 1 fully saturated rings. The number of piperazine rings is 1. The summed E-state index contributed by atoms with van der Waals surface area (Å²) >= 11 is 5.84. The van der Waals surface area contributed by atoms with Crippen LogP contribution in [0.4, 0.5) is 5.69 Å². The van der Waals surface area contributed by atoms with E-state index < -0.39 is 0 Å². The molecule has 0 unspecified atom stereocenters. The zero-order valence-corrected chi connectivity index (χ0v) is 22.6. The predicted molar refractivity (Wildman–Crippen MR) is 153 cm³/mol. The predicted octanol–water partition coefficient (Wildman–Crippen LogP) is 5.21. The van der Waals surface area contributed by atoms with Gasteiger partial charge in [-0.15, -0.1) is 0 Å². The molecular weight excluding hydrogens is 482 g/mol. The summed E-state index contributed by atoms with van der Waals surface area (Å²) in [7, 11) is 0. The monoisotopic (exact) mass is 517 g/mol. The highest BCUT2D eigenvalue weighted by molar-refractivity contribution is 7.80. The minimum atomic E-state index is -0.223. The van der Waals surface area contributed by atoms with E-state index in [0.29, 0.717) is 18.1 Å². The quantitative estimate of drug-likeness (QED) is 0.393. The van der Waals surface area contributed by atoms with Gasteiger partial charge in [-0.2, -0.15) is 0 Å². The van der Waals surface area contributed by atoms with Gasteiger partial charge >= 0.3 is 0 Å². The number of aryl methyl sites for hydroxylation is 2. The van der Waals surface area contributed by atoms with E-state index in [4.69, 9.17) is 21.7 Å². The molecule has 1 amide bonds. The lowest BCUT2D eigenvalue weighted by atomic mass is 10.1. The van der Waals surface area contributed by atoms with E-state index in [1.165, 1.54) is 11.1 Å². The van der Waals surface area contributed by atoms with Crippen LogP contribution in [0.3, 0.4) is 0 Å². The average molecular weight is 518 g/mol. The summed E-state index contributed by atoms with van der Waals surface area (Å²) in [5, 5.41) is 2.89. The zero-order valence-electron chi connectivity index (χ0n) is 21.8. The van der Waals surface area contributed by atoms with Crippen molar-refractivity contribution in [3.8, 4) is 11.5 Å². The highest BCUT2D eigenvalue weighted by Crippen LogP contribution is 2.29. The second-order valence-electron chi connectivity index (χ2n) is 9.28. The third-order valence-electron chi connectivity index (χ3n) is 6.55. The third kappa shape index (κ3) is 7.31. The maximum atomic E-state index is 12.5. The Bertz CT molecular complexity index is 1220. The minimum absolute atomic E-state index is 0.111. The van der Waals surface area contributed by atoms with E-state index in [2.05, 4.69) is 39.4 Å². The van der Waals surface area contributed by atoms with Crippen LogP contribution in [0.25, 0.3) is 0 Å². The normalized spacial score (nSPS) is 13.8. The first-order valence-electron chi connectivity index (χ1n) is 12.7. The molecule has 0 atom stereocenters. The van der Waals surface area contributed by atoms with Crippen LogP contribution in [-0.4, -0.2) is 60.1 Å². The number of carbonyl (C=O) groups is 1. The number of hydrogen-bond acceptors (Lipinski definition) is 5. The van der Waals surface area contributed by atoms with Gasteiger partial charge in [0.15, 0.2) is 18.1 Å². The maximum Gasteiger partial charge on any atom is 0.262 e. The van der Waals surface area contributed by atoms with E-state index >= 15 is 0 Å². The number of rotatable bonds is 9. The van der Waals surface area contributed by atoms with Crippen LogP contribution in [0.5, 0.6) is 11.5 Å². The van der Waals surface area contributed by atoms with Gasteiger partial charge in [0.1, 0.15) is 4.99 Å². The summed E-state index contributed by atoms with van der Waals surface area (Å²) in [5.41, 5.74) is 5.32. The first-order valence-corrected chi connectivity index (χ1v) is 13.2. The number of benzene rings is 3. The summed E-state index contributed by atoms with van der Waals surface area (Å²) in [6, 6.07) is 22.1. The van der Waals surface area contributed by atoms with Gasteiger partial charge in [0.05, 0.1) is 6.61 Å². The van der Waals surface area contributed by atoms with Crippen molar-refractivity contribution in [1.82, 2.24) is 9.80 Å². The molecule has 0 radical (unpaired) electrons. The van der Waals surface area contributed by atoms with Gasteiger partial charge in [0, 0.05) is 44.0 Å². The molecule has 1 aliphatic rings. The summed E-state index contributed by atoms with van der Waals surface area (Å²) < 4.78 is 11.7. The number of carbonyl (C=O) groups excluding carboxylic acids is 1. The molecule has 1 heterocycles. The number of thiocarbonyl (C=S) groups is 1. The molecule has 37 heavy (non-hydrogen) atoms. The molecule has 0 spiro atoms. The van der Waals surface area contributed by atoms with E-state index in [9.17, 15) is 4.79 Å². The molecule has 194 valence electrons. The molecule has 1 saturated heterocycles. The van der Waals surface area contributed by atoms with Crippen molar-refractivity contribution < 1.29 is 14.3 Å². The van der Waals surface area contributed by atoms with Gasteiger partial charge in [-0.25, -0.2) is 0 Å². The second-order valence-corrected chi connectivity index (χ2v) is 9.67. The van der Waals surface area contributed by atoms with E-state index in [0.717, 1.165) is 54.5 Å². The molecule has 1 aliphatic heterocycles. The second kappa shape index (κ2) is 12.7. The van der Waals surface area contributed by atoms with Crippen LogP contribution in [0, 0.1) is 13.8 Å². The summed E-state index contributed by atoms with van der Waals surface area (Å²) in [5.74, 6) is 0.888. The number of hydrogen-bond donors (Lipinski definition) is 1. The van der Waals surface area contributed by atoms with Crippen molar-refractivity contribution in [2.24, 2.45) is 0 Å². The van der Waals surface area contributed by atoms with Crippen LogP contribution in [-0.2, 0) is 11.3 Å². The Morgan fingerprint density at radius 2 is 1.65 bits per heavy atom. The molecule has 0 aromatic heterocycles. The average Bonchev–Trinajstić information content (AvgIpc) is 2.91. The maximum absolute atomic E-state index is 12.5. The lowest BCUT2D eigenvalue weighted by Gasteiger charge is -2.36. The van der Waals surface area contributed by atoms with Gasteiger partial charge in [-0.1, -0.05) is 48.6 Å². The molecule has 0 bridgehead atoms. The first kappa shape index (κ1) is 26.6. The van der Waals surface area contributed by atoms with Crippen molar-refractivity contribution in [1.29, 1.82) is 0 Å². The fraction of sp³-hybridized carbons (Fsp3) is 0.333. The Hall–Kier alpha value is -3.42. The summed E-state index contributed by atoms with van der Waals surface area (Å²) in [6.07, 6.45) is 0. The Kier molecular flexibility index (Phi) is 9.14. The molecule has 0 aliphatic carbocycles. The van der Waals surface area contributed by atoms with Gasteiger partial charge in [0.2, 0.25) is 0 Å².